The minimum atomic E-state index is 0.687. The average Bonchev–Trinajstić information content (AvgIpc) is 2.78. The summed E-state index contributed by atoms with van der Waals surface area (Å²) in [4.78, 5) is 2.62. The molecule has 0 aliphatic carbocycles. The highest BCUT2D eigenvalue weighted by molar-refractivity contribution is 5.30. The van der Waals surface area contributed by atoms with Crippen molar-refractivity contribution in [2.24, 2.45) is 0 Å². The number of nitrogens with zero attached hydrogens (tertiary/aromatic N) is 1. The zero-order chi connectivity index (χ0) is 12.1. The molecule has 0 saturated carbocycles. The predicted octanol–water partition coefficient (Wildman–Crippen LogP) is 2.78. The zero-order valence-corrected chi connectivity index (χ0v) is 11.1. The van der Waals surface area contributed by atoms with Crippen LogP contribution in [0.3, 0.4) is 0 Å². The number of benzene rings is 1. The Morgan fingerprint density at radius 1 is 1.18 bits per heavy atom. The molecule has 94 valence electrons. The van der Waals surface area contributed by atoms with Gasteiger partial charge in [0, 0.05) is 25.7 Å². The van der Waals surface area contributed by atoms with Gasteiger partial charge in [0.1, 0.15) is 0 Å². The first-order valence-corrected chi connectivity index (χ1v) is 6.86. The van der Waals surface area contributed by atoms with E-state index >= 15 is 0 Å². The van der Waals surface area contributed by atoms with Crippen LogP contribution in [0.2, 0.25) is 0 Å². The summed E-state index contributed by atoms with van der Waals surface area (Å²) in [5.41, 5.74) is 3.04. The minimum Gasteiger partial charge on any atom is -0.315 e. The van der Waals surface area contributed by atoms with Crippen molar-refractivity contribution in [1.29, 1.82) is 0 Å². The zero-order valence-electron chi connectivity index (χ0n) is 11.1. The van der Waals surface area contributed by atoms with Gasteiger partial charge in [-0.2, -0.15) is 0 Å². The molecular formula is C15H24N2. The highest BCUT2D eigenvalue weighted by atomic mass is 15.2. The number of rotatable bonds is 6. The Kier molecular flexibility index (Phi) is 4.57. The number of fused-ring (bicyclic) bond motifs is 1. The number of likely N-dealkylation sites (N-methyl/N-ethyl adjacent to an activating group) is 1. The van der Waals surface area contributed by atoms with Gasteiger partial charge in [-0.05, 0) is 24.1 Å². The van der Waals surface area contributed by atoms with Crippen LogP contribution in [0.15, 0.2) is 24.3 Å². The van der Waals surface area contributed by atoms with Crippen LogP contribution in [0.4, 0.5) is 0 Å². The lowest BCUT2D eigenvalue weighted by Crippen LogP contribution is -2.39. The largest absolute Gasteiger partial charge is 0.315 e. The van der Waals surface area contributed by atoms with Gasteiger partial charge < -0.3 is 5.32 Å². The molecule has 2 nitrogen and oxygen atoms in total. The fourth-order valence-electron chi connectivity index (χ4n) is 2.68. The molecular weight excluding hydrogens is 208 g/mol. The molecule has 1 aromatic carbocycles. The van der Waals surface area contributed by atoms with Crippen LogP contribution < -0.4 is 5.32 Å². The maximum atomic E-state index is 3.50. The van der Waals surface area contributed by atoms with Crippen molar-refractivity contribution in [3.05, 3.63) is 35.4 Å². The second kappa shape index (κ2) is 6.18. The van der Waals surface area contributed by atoms with E-state index in [9.17, 15) is 0 Å². The van der Waals surface area contributed by atoms with E-state index in [1.807, 2.05) is 0 Å². The Morgan fingerprint density at radius 3 is 2.35 bits per heavy atom. The molecule has 0 spiro atoms. The predicted molar refractivity (Wildman–Crippen MR) is 72.9 cm³/mol. The number of hydrogen-bond donors (Lipinski definition) is 1. The molecule has 1 aliphatic heterocycles. The van der Waals surface area contributed by atoms with Gasteiger partial charge in [-0.15, -0.1) is 0 Å². The van der Waals surface area contributed by atoms with Crippen molar-refractivity contribution in [3.63, 3.8) is 0 Å². The van der Waals surface area contributed by atoms with Crippen LogP contribution in [0.25, 0.3) is 0 Å². The van der Waals surface area contributed by atoms with Crippen molar-refractivity contribution in [1.82, 2.24) is 10.2 Å². The molecule has 1 heterocycles. The molecule has 1 aromatic rings. The van der Waals surface area contributed by atoms with Gasteiger partial charge in [-0.3, -0.25) is 4.90 Å². The lowest BCUT2D eigenvalue weighted by molar-refractivity contribution is 0.184. The molecule has 1 unspecified atom stereocenters. The lowest BCUT2D eigenvalue weighted by atomic mass is 10.1. The molecule has 17 heavy (non-hydrogen) atoms. The summed E-state index contributed by atoms with van der Waals surface area (Å²) >= 11 is 0. The smallest absolute Gasteiger partial charge is 0.0244 e. The first kappa shape index (κ1) is 12.6. The second-order valence-electron chi connectivity index (χ2n) is 4.92. The van der Waals surface area contributed by atoms with Crippen LogP contribution in [0.1, 0.15) is 37.8 Å². The molecule has 1 aliphatic rings. The Labute approximate surface area is 105 Å². The Morgan fingerprint density at radius 2 is 1.82 bits per heavy atom. The van der Waals surface area contributed by atoms with E-state index in [2.05, 4.69) is 48.3 Å². The van der Waals surface area contributed by atoms with Gasteiger partial charge >= 0.3 is 0 Å². The van der Waals surface area contributed by atoms with Gasteiger partial charge in [-0.1, -0.05) is 44.5 Å². The van der Waals surface area contributed by atoms with Gasteiger partial charge in [0.15, 0.2) is 0 Å². The summed E-state index contributed by atoms with van der Waals surface area (Å²) in [6.07, 6.45) is 2.56. The van der Waals surface area contributed by atoms with Crippen molar-refractivity contribution in [2.75, 3.05) is 13.1 Å². The van der Waals surface area contributed by atoms with Crippen LogP contribution in [0.5, 0.6) is 0 Å². The van der Waals surface area contributed by atoms with E-state index in [4.69, 9.17) is 0 Å². The monoisotopic (exact) mass is 232 g/mol. The van der Waals surface area contributed by atoms with Crippen molar-refractivity contribution >= 4 is 0 Å². The topological polar surface area (TPSA) is 15.3 Å². The summed E-state index contributed by atoms with van der Waals surface area (Å²) in [5, 5.41) is 3.50. The third-order valence-electron chi connectivity index (χ3n) is 3.63. The van der Waals surface area contributed by atoms with Crippen LogP contribution in [-0.2, 0) is 13.1 Å². The highest BCUT2D eigenvalue weighted by Gasteiger charge is 2.24. The number of nitrogens with one attached hydrogen (secondary N) is 1. The van der Waals surface area contributed by atoms with Crippen LogP contribution >= 0.6 is 0 Å². The maximum Gasteiger partial charge on any atom is 0.0244 e. The van der Waals surface area contributed by atoms with E-state index in [1.165, 1.54) is 24.0 Å². The summed E-state index contributed by atoms with van der Waals surface area (Å²) in [5.74, 6) is 0. The third-order valence-corrected chi connectivity index (χ3v) is 3.63. The van der Waals surface area contributed by atoms with E-state index in [0.29, 0.717) is 6.04 Å². The van der Waals surface area contributed by atoms with E-state index in [-0.39, 0.29) is 0 Å². The first-order chi connectivity index (χ1) is 8.35. The lowest BCUT2D eigenvalue weighted by Gasteiger charge is -2.27. The molecule has 0 aromatic heterocycles. The van der Waals surface area contributed by atoms with Crippen molar-refractivity contribution in [2.45, 2.75) is 45.8 Å². The van der Waals surface area contributed by atoms with Crippen molar-refractivity contribution < 1.29 is 0 Å². The molecule has 0 saturated heterocycles. The van der Waals surface area contributed by atoms with E-state index in [0.717, 1.165) is 26.2 Å². The third kappa shape index (κ3) is 3.08. The summed E-state index contributed by atoms with van der Waals surface area (Å²) in [6.45, 7) is 8.92. The molecule has 0 amide bonds. The summed E-state index contributed by atoms with van der Waals surface area (Å²) < 4.78 is 0. The molecule has 2 heteroatoms. The average molecular weight is 232 g/mol. The molecule has 1 N–H and O–H groups in total. The minimum absolute atomic E-state index is 0.687. The second-order valence-corrected chi connectivity index (χ2v) is 4.92. The van der Waals surface area contributed by atoms with Gasteiger partial charge in [0.05, 0.1) is 0 Å². The Balaban J connectivity index is 1.98. The summed E-state index contributed by atoms with van der Waals surface area (Å²) in [7, 11) is 0. The maximum absolute atomic E-state index is 3.50. The highest BCUT2D eigenvalue weighted by Crippen LogP contribution is 2.25. The quantitative estimate of drug-likeness (QED) is 0.811. The van der Waals surface area contributed by atoms with Crippen LogP contribution in [0, 0.1) is 0 Å². The number of hydrogen-bond acceptors (Lipinski definition) is 2. The van der Waals surface area contributed by atoms with Gasteiger partial charge in [0.25, 0.3) is 0 Å². The fraction of sp³-hybridized carbons (Fsp3) is 0.600. The van der Waals surface area contributed by atoms with Gasteiger partial charge in [-0.25, -0.2) is 0 Å². The standard InChI is InChI=1S/C15H24N2/c1-3-7-15(10-16-4-2)17-11-13-8-5-6-9-14(13)12-17/h5-6,8-9,15-16H,3-4,7,10-12H2,1-2H3. The summed E-state index contributed by atoms with van der Waals surface area (Å²) in [6, 6.07) is 9.53. The molecule has 0 bridgehead atoms. The molecule has 2 rings (SSSR count). The Hall–Kier alpha value is -0.860. The SMILES string of the molecule is CCCC(CNCC)N1Cc2ccccc2C1. The molecule has 0 radical (unpaired) electrons. The van der Waals surface area contributed by atoms with Crippen LogP contribution in [-0.4, -0.2) is 24.0 Å². The van der Waals surface area contributed by atoms with E-state index in [1.54, 1.807) is 0 Å². The van der Waals surface area contributed by atoms with Gasteiger partial charge in [0.2, 0.25) is 0 Å². The molecule has 0 fully saturated rings. The van der Waals surface area contributed by atoms with E-state index < -0.39 is 0 Å². The Bertz CT molecular complexity index is 324. The normalized spacial score (nSPS) is 17.1. The first-order valence-electron chi connectivity index (χ1n) is 6.86. The van der Waals surface area contributed by atoms with Crippen molar-refractivity contribution in [3.8, 4) is 0 Å². The molecule has 1 atom stereocenters. The fourth-order valence-corrected chi connectivity index (χ4v) is 2.68.